The maximum absolute atomic E-state index is 6.16. The van der Waals surface area contributed by atoms with Gasteiger partial charge in [-0.3, -0.25) is 0 Å². The highest BCUT2D eigenvalue weighted by atomic mass is 79.9. The predicted octanol–water partition coefficient (Wildman–Crippen LogP) is 3.05. The number of halogens is 1. The van der Waals surface area contributed by atoms with Crippen molar-refractivity contribution in [1.29, 1.82) is 0 Å². The van der Waals surface area contributed by atoms with Crippen LogP contribution in [-0.2, 0) is 0 Å². The smallest absolute Gasteiger partial charge is 0.228 e. The lowest BCUT2D eigenvalue weighted by Crippen LogP contribution is -2.44. The van der Waals surface area contributed by atoms with Crippen molar-refractivity contribution in [2.24, 2.45) is 5.73 Å². The van der Waals surface area contributed by atoms with Gasteiger partial charge in [0.1, 0.15) is 6.61 Å². The minimum absolute atomic E-state index is 0.258. The number of hydrogen-bond donors (Lipinski definition) is 1. The number of ether oxygens (including phenoxy) is 1. The van der Waals surface area contributed by atoms with Gasteiger partial charge in [-0.1, -0.05) is 13.8 Å². The van der Waals surface area contributed by atoms with Gasteiger partial charge in [0.05, 0.1) is 4.47 Å². The Morgan fingerprint density at radius 3 is 2.56 bits per heavy atom. The average Bonchev–Trinajstić information content (AvgIpc) is 2.27. The summed E-state index contributed by atoms with van der Waals surface area (Å²) in [6.07, 6.45) is 3.58. The third-order valence-electron chi connectivity index (χ3n) is 2.85. The van der Waals surface area contributed by atoms with E-state index in [4.69, 9.17) is 10.5 Å². The number of nitrogens with zero attached hydrogens (tertiary/aromatic N) is 1. The minimum Gasteiger partial charge on any atom is -0.475 e. The topological polar surface area (TPSA) is 48.1 Å². The van der Waals surface area contributed by atoms with Crippen molar-refractivity contribution < 1.29 is 4.74 Å². The van der Waals surface area contributed by atoms with Crippen LogP contribution in [0.25, 0.3) is 0 Å². The second-order valence-electron chi connectivity index (χ2n) is 4.16. The second kappa shape index (κ2) is 5.64. The monoisotopic (exact) mass is 286 g/mol. The third kappa shape index (κ3) is 3.46. The molecule has 0 bridgehead atoms. The number of aromatic nitrogens is 1. The zero-order valence-corrected chi connectivity index (χ0v) is 11.7. The number of pyridine rings is 1. The van der Waals surface area contributed by atoms with Crippen molar-refractivity contribution in [2.75, 3.05) is 6.61 Å². The molecule has 0 aromatic carbocycles. The molecule has 0 aliphatic carbocycles. The first kappa shape index (κ1) is 13.5. The molecule has 0 radical (unpaired) electrons. The van der Waals surface area contributed by atoms with Crippen LogP contribution in [0, 0.1) is 6.92 Å². The maximum atomic E-state index is 6.16. The van der Waals surface area contributed by atoms with Crippen molar-refractivity contribution in [3.8, 4) is 5.88 Å². The summed E-state index contributed by atoms with van der Waals surface area (Å²) in [5.41, 5.74) is 7.00. The molecular weight excluding hydrogens is 268 g/mol. The van der Waals surface area contributed by atoms with Crippen molar-refractivity contribution in [3.05, 3.63) is 22.3 Å². The first-order valence-electron chi connectivity index (χ1n) is 5.54. The highest BCUT2D eigenvalue weighted by molar-refractivity contribution is 9.10. The fraction of sp³-hybridized carbons (Fsp3) is 0.583. The molecule has 90 valence electrons. The molecule has 16 heavy (non-hydrogen) atoms. The third-order valence-corrected chi connectivity index (χ3v) is 3.42. The van der Waals surface area contributed by atoms with E-state index in [1.807, 2.05) is 13.0 Å². The van der Waals surface area contributed by atoms with Crippen LogP contribution in [0.5, 0.6) is 5.88 Å². The van der Waals surface area contributed by atoms with Crippen LogP contribution in [0.15, 0.2) is 16.7 Å². The fourth-order valence-corrected chi connectivity index (χ4v) is 1.87. The molecule has 3 nitrogen and oxygen atoms in total. The number of rotatable bonds is 5. The van der Waals surface area contributed by atoms with Crippen LogP contribution in [0.2, 0.25) is 0 Å². The summed E-state index contributed by atoms with van der Waals surface area (Å²) < 4.78 is 6.53. The Hall–Kier alpha value is -0.610. The largest absolute Gasteiger partial charge is 0.475 e. The van der Waals surface area contributed by atoms with E-state index in [1.165, 1.54) is 0 Å². The first-order chi connectivity index (χ1) is 7.50. The SMILES string of the molecule is CCC(N)(CC)COc1ncc(C)cc1Br. The van der Waals surface area contributed by atoms with Crippen LogP contribution in [0.4, 0.5) is 0 Å². The maximum Gasteiger partial charge on any atom is 0.228 e. The molecule has 0 aliphatic heterocycles. The Kier molecular flexibility index (Phi) is 4.74. The van der Waals surface area contributed by atoms with Gasteiger partial charge >= 0.3 is 0 Å². The van der Waals surface area contributed by atoms with Gasteiger partial charge in [0.2, 0.25) is 5.88 Å². The molecule has 1 aromatic rings. The normalized spacial score (nSPS) is 11.6. The molecule has 1 aromatic heterocycles. The second-order valence-corrected chi connectivity index (χ2v) is 5.01. The van der Waals surface area contributed by atoms with Crippen molar-refractivity contribution >= 4 is 15.9 Å². The number of nitrogens with two attached hydrogens (primary N) is 1. The van der Waals surface area contributed by atoms with Gasteiger partial charge in [-0.15, -0.1) is 0 Å². The lowest BCUT2D eigenvalue weighted by atomic mass is 9.96. The molecule has 0 aliphatic rings. The summed E-state index contributed by atoms with van der Waals surface area (Å²) in [5, 5.41) is 0. The zero-order chi connectivity index (χ0) is 12.2. The van der Waals surface area contributed by atoms with Crippen LogP contribution in [0.3, 0.4) is 0 Å². The Labute approximate surface area is 106 Å². The Morgan fingerprint density at radius 1 is 1.44 bits per heavy atom. The molecule has 4 heteroatoms. The average molecular weight is 287 g/mol. The van der Waals surface area contributed by atoms with E-state index < -0.39 is 0 Å². The van der Waals surface area contributed by atoms with E-state index in [0.29, 0.717) is 12.5 Å². The Bertz CT molecular complexity index is 351. The summed E-state index contributed by atoms with van der Waals surface area (Å²) >= 11 is 3.43. The quantitative estimate of drug-likeness (QED) is 0.905. The van der Waals surface area contributed by atoms with Crippen molar-refractivity contribution in [1.82, 2.24) is 4.98 Å². The summed E-state index contributed by atoms with van der Waals surface area (Å²) in [4.78, 5) is 4.22. The summed E-state index contributed by atoms with van der Waals surface area (Å²) in [7, 11) is 0. The van der Waals surface area contributed by atoms with E-state index in [2.05, 4.69) is 34.8 Å². The number of aryl methyl sites for hydroxylation is 1. The van der Waals surface area contributed by atoms with Crippen LogP contribution in [-0.4, -0.2) is 17.1 Å². The zero-order valence-electron chi connectivity index (χ0n) is 10.1. The fourth-order valence-electron chi connectivity index (χ4n) is 1.29. The van der Waals surface area contributed by atoms with Gasteiger partial charge in [-0.25, -0.2) is 4.98 Å². The molecule has 1 heterocycles. The van der Waals surface area contributed by atoms with E-state index in [-0.39, 0.29) is 5.54 Å². The summed E-state index contributed by atoms with van der Waals surface area (Å²) in [6, 6.07) is 1.98. The molecule has 0 saturated heterocycles. The van der Waals surface area contributed by atoms with Crippen molar-refractivity contribution in [2.45, 2.75) is 39.2 Å². The van der Waals surface area contributed by atoms with Crippen LogP contribution in [0.1, 0.15) is 32.3 Å². The van der Waals surface area contributed by atoms with Gasteiger partial charge in [0.15, 0.2) is 0 Å². The van der Waals surface area contributed by atoms with E-state index in [0.717, 1.165) is 22.9 Å². The highest BCUT2D eigenvalue weighted by Crippen LogP contribution is 2.24. The molecule has 0 unspecified atom stereocenters. The molecule has 0 amide bonds. The molecule has 2 N–H and O–H groups in total. The predicted molar refractivity (Wildman–Crippen MR) is 69.7 cm³/mol. The van der Waals surface area contributed by atoms with Gasteiger partial charge in [0.25, 0.3) is 0 Å². The molecule has 0 saturated carbocycles. The summed E-state index contributed by atoms with van der Waals surface area (Å²) in [5.74, 6) is 0.613. The van der Waals surface area contributed by atoms with E-state index in [9.17, 15) is 0 Å². The molecule has 0 atom stereocenters. The van der Waals surface area contributed by atoms with Gasteiger partial charge < -0.3 is 10.5 Å². The van der Waals surface area contributed by atoms with Gasteiger partial charge in [-0.05, 0) is 47.3 Å². The molecule has 0 spiro atoms. The van der Waals surface area contributed by atoms with Gasteiger partial charge in [-0.2, -0.15) is 0 Å². The van der Waals surface area contributed by atoms with E-state index >= 15 is 0 Å². The lowest BCUT2D eigenvalue weighted by Gasteiger charge is -2.26. The molecular formula is C12H19BrN2O. The Balaban J connectivity index is 2.67. The Morgan fingerprint density at radius 2 is 2.06 bits per heavy atom. The van der Waals surface area contributed by atoms with Crippen molar-refractivity contribution in [3.63, 3.8) is 0 Å². The van der Waals surface area contributed by atoms with Gasteiger partial charge in [0, 0.05) is 11.7 Å². The van der Waals surface area contributed by atoms with Crippen LogP contribution >= 0.6 is 15.9 Å². The molecule has 1 rings (SSSR count). The highest BCUT2D eigenvalue weighted by Gasteiger charge is 2.21. The first-order valence-corrected chi connectivity index (χ1v) is 6.34. The number of hydrogen-bond acceptors (Lipinski definition) is 3. The summed E-state index contributed by atoms with van der Waals surface area (Å²) in [6.45, 7) is 6.64. The molecule has 0 fully saturated rings. The standard InChI is InChI=1S/C12H19BrN2O/c1-4-12(14,5-2)8-16-11-10(13)6-9(3)7-15-11/h6-7H,4-5,8,14H2,1-3H3. The van der Waals surface area contributed by atoms with E-state index in [1.54, 1.807) is 6.20 Å². The lowest BCUT2D eigenvalue weighted by molar-refractivity contribution is 0.199. The van der Waals surface area contributed by atoms with Crippen LogP contribution < -0.4 is 10.5 Å². The minimum atomic E-state index is -0.258.